The van der Waals surface area contributed by atoms with E-state index in [0.29, 0.717) is 24.3 Å². The summed E-state index contributed by atoms with van der Waals surface area (Å²) in [5.74, 6) is 0.0623. The van der Waals surface area contributed by atoms with Crippen molar-refractivity contribution < 1.29 is 8.42 Å². The van der Waals surface area contributed by atoms with E-state index < -0.39 is 10.0 Å². The van der Waals surface area contributed by atoms with Crippen molar-refractivity contribution in [1.29, 1.82) is 5.26 Å². The molecule has 0 spiro atoms. The number of nitrogens with one attached hydrogen (secondary N) is 1. The predicted octanol–water partition coefficient (Wildman–Crippen LogP) is 0.688. The molecule has 1 aliphatic rings. The standard InChI is InChI=1S/C12H15N3O2S/c13-10-11-4-1-2-5-12(11)15-8-3-6-14-7-9-18(15,16)17/h1-2,4-5,14H,3,6-9H2. The van der Waals surface area contributed by atoms with Crippen LogP contribution in [0.3, 0.4) is 0 Å². The topological polar surface area (TPSA) is 73.2 Å². The molecule has 96 valence electrons. The van der Waals surface area contributed by atoms with Gasteiger partial charge in [0.05, 0.1) is 17.0 Å². The lowest BCUT2D eigenvalue weighted by atomic mass is 10.2. The largest absolute Gasteiger partial charge is 0.316 e. The van der Waals surface area contributed by atoms with Crippen LogP contribution in [0.2, 0.25) is 0 Å². The molecule has 0 aliphatic carbocycles. The smallest absolute Gasteiger partial charge is 0.236 e. The van der Waals surface area contributed by atoms with Gasteiger partial charge in [-0.2, -0.15) is 5.26 Å². The van der Waals surface area contributed by atoms with Gasteiger partial charge >= 0.3 is 0 Å². The van der Waals surface area contributed by atoms with Gasteiger partial charge in [0.2, 0.25) is 10.0 Å². The van der Waals surface area contributed by atoms with Crippen LogP contribution in [0.1, 0.15) is 12.0 Å². The summed E-state index contributed by atoms with van der Waals surface area (Å²) in [7, 11) is -3.35. The number of nitriles is 1. The zero-order valence-corrected chi connectivity index (χ0v) is 10.8. The van der Waals surface area contributed by atoms with Gasteiger partial charge in [0.15, 0.2) is 0 Å². The van der Waals surface area contributed by atoms with Crippen LogP contribution in [0.4, 0.5) is 5.69 Å². The summed E-state index contributed by atoms with van der Waals surface area (Å²) in [5, 5.41) is 12.1. The van der Waals surface area contributed by atoms with E-state index in [0.717, 1.165) is 13.0 Å². The number of anilines is 1. The molecule has 0 amide bonds. The Balaban J connectivity index is 2.42. The second-order valence-corrected chi connectivity index (χ2v) is 6.13. The third-order valence-electron chi connectivity index (χ3n) is 2.88. The van der Waals surface area contributed by atoms with Crippen molar-refractivity contribution in [3.8, 4) is 6.07 Å². The third kappa shape index (κ3) is 2.63. The Hall–Kier alpha value is -1.58. The van der Waals surface area contributed by atoms with Gasteiger partial charge in [0.1, 0.15) is 6.07 Å². The molecule has 1 saturated heterocycles. The lowest BCUT2D eigenvalue weighted by Crippen LogP contribution is -2.41. The number of sulfonamides is 1. The first-order valence-electron chi connectivity index (χ1n) is 5.85. The third-order valence-corrected chi connectivity index (χ3v) is 4.65. The summed E-state index contributed by atoms with van der Waals surface area (Å²) in [6.45, 7) is 1.66. The number of para-hydroxylation sites is 1. The Morgan fingerprint density at radius 2 is 2.06 bits per heavy atom. The highest BCUT2D eigenvalue weighted by Gasteiger charge is 2.25. The fourth-order valence-corrected chi connectivity index (χ4v) is 3.47. The molecule has 0 bridgehead atoms. The van der Waals surface area contributed by atoms with E-state index in [1.54, 1.807) is 24.3 Å². The minimum absolute atomic E-state index is 0.0623. The van der Waals surface area contributed by atoms with E-state index in [4.69, 9.17) is 5.26 Å². The van der Waals surface area contributed by atoms with Gasteiger partial charge in [0.25, 0.3) is 0 Å². The van der Waals surface area contributed by atoms with E-state index in [-0.39, 0.29) is 5.75 Å². The first-order valence-corrected chi connectivity index (χ1v) is 7.46. The Morgan fingerprint density at radius 1 is 1.28 bits per heavy atom. The van der Waals surface area contributed by atoms with E-state index >= 15 is 0 Å². The number of hydrogen-bond donors (Lipinski definition) is 1. The average molecular weight is 265 g/mol. The van der Waals surface area contributed by atoms with Crippen LogP contribution >= 0.6 is 0 Å². The minimum atomic E-state index is -3.35. The number of rotatable bonds is 1. The molecule has 6 heteroatoms. The van der Waals surface area contributed by atoms with Crippen molar-refractivity contribution >= 4 is 15.7 Å². The monoisotopic (exact) mass is 265 g/mol. The average Bonchev–Trinajstić information content (AvgIpc) is 2.35. The second-order valence-electron chi connectivity index (χ2n) is 4.12. The molecular weight excluding hydrogens is 250 g/mol. The van der Waals surface area contributed by atoms with Crippen LogP contribution in [-0.2, 0) is 10.0 Å². The highest BCUT2D eigenvalue weighted by atomic mass is 32.2. The van der Waals surface area contributed by atoms with Crippen molar-refractivity contribution in [1.82, 2.24) is 5.32 Å². The molecule has 0 aromatic heterocycles. The van der Waals surface area contributed by atoms with Gasteiger partial charge < -0.3 is 5.32 Å². The lowest BCUT2D eigenvalue weighted by Gasteiger charge is -2.27. The van der Waals surface area contributed by atoms with Crippen LogP contribution in [-0.4, -0.2) is 33.8 Å². The maximum atomic E-state index is 12.2. The van der Waals surface area contributed by atoms with Gasteiger partial charge in [-0.15, -0.1) is 0 Å². The molecule has 1 aliphatic heterocycles. The van der Waals surface area contributed by atoms with Gasteiger partial charge in [0, 0.05) is 13.1 Å². The van der Waals surface area contributed by atoms with Crippen molar-refractivity contribution in [2.75, 3.05) is 29.7 Å². The van der Waals surface area contributed by atoms with Gasteiger partial charge in [-0.1, -0.05) is 12.1 Å². The minimum Gasteiger partial charge on any atom is -0.316 e. The van der Waals surface area contributed by atoms with Crippen molar-refractivity contribution in [2.24, 2.45) is 0 Å². The van der Waals surface area contributed by atoms with Gasteiger partial charge in [-0.3, -0.25) is 4.31 Å². The van der Waals surface area contributed by atoms with Crippen molar-refractivity contribution in [3.05, 3.63) is 29.8 Å². The zero-order valence-electron chi connectivity index (χ0n) is 9.96. The fourth-order valence-electron chi connectivity index (χ4n) is 1.98. The summed E-state index contributed by atoms with van der Waals surface area (Å²) in [6, 6.07) is 8.86. The zero-order chi connectivity index (χ0) is 13.0. The summed E-state index contributed by atoms with van der Waals surface area (Å²) in [6.07, 6.45) is 0.735. The molecule has 1 fully saturated rings. The van der Waals surface area contributed by atoms with Crippen LogP contribution in [0.25, 0.3) is 0 Å². The van der Waals surface area contributed by atoms with Crippen molar-refractivity contribution in [3.63, 3.8) is 0 Å². The molecule has 2 rings (SSSR count). The van der Waals surface area contributed by atoms with Gasteiger partial charge in [-0.25, -0.2) is 8.42 Å². The highest BCUT2D eigenvalue weighted by molar-refractivity contribution is 7.92. The molecule has 5 nitrogen and oxygen atoms in total. The maximum Gasteiger partial charge on any atom is 0.236 e. The highest BCUT2D eigenvalue weighted by Crippen LogP contribution is 2.23. The quantitative estimate of drug-likeness (QED) is 0.810. The molecule has 18 heavy (non-hydrogen) atoms. The maximum absolute atomic E-state index is 12.2. The number of nitrogens with zero attached hydrogens (tertiary/aromatic N) is 2. The van der Waals surface area contributed by atoms with E-state index in [1.165, 1.54) is 4.31 Å². The molecule has 0 radical (unpaired) electrons. The summed E-state index contributed by atoms with van der Waals surface area (Å²) in [5.41, 5.74) is 0.886. The molecule has 1 aromatic carbocycles. The Kier molecular flexibility index (Phi) is 3.84. The van der Waals surface area contributed by atoms with Crippen molar-refractivity contribution in [2.45, 2.75) is 6.42 Å². The summed E-state index contributed by atoms with van der Waals surface area (Å²) < 4.78 is 25.8. The van der Waals surface area contributed by atoms with E-state index in [2.05, 4.69) is 5.32 Å². The van der Waals surface area contributed by atoms with E-state index in [9.17, 15) is 8.42 Å². The first-order chi connectivity index (χ1) is 8.65. The molecule has 0 saturated carbocycles. The van der Waals surface area contributed by atoms with Crippen LogP contribution in [0, 0.1) is 11.3 Å². The Labute approximate surface area is 107 Å². The molecule has 1 N–H and O–H groups in total. The van der Waals surface area contributed by atoms with Crippen LogP contribution in [0.15, 0.2) is 24.3 Å². The van der Waals surface area contributed by atoms with E-state index in [1.807, 2.05) is 6.07 Å². The van der Waals surface area contributed by atoms with Gasteiger partial charge in [-0.05, 0) is 25.1 Å². The molecule has 1 heterocycles. The lowest BCUT2D eigenvalue weighted by molar-refractivity contribution is 0.572. The molecule has 0 atom stereocenters. The number of hydrogen-bond acceptors (Lipinski definition) is 4. The number of benzene rings is 1. The Bertz CT molecular complexity index is 563. The van der Waals surface area contributed by atoms with Crippen LogP contribution < -0.4 is 9.62 Å². The normalized spacial score (nSPS) is 19.6. The summed E-state index contributed by atoms with van der Waals surface area (Å²) >= 11 is 0. The Morgan fingerprint density at radius 3 is 2.83 bits per heavy atom. The first kappa shape index (κ1) is 12.9. The molecule has 0 unspecified atom stereocenters. The second kappa shape index (κ2) is 5.38. The SMILES string of the molecule is N#Cc1ccccc1N1CCCNCCS1(=O)=O. The molecular formula is C12H15N3O2S. The molecule has 1 aromatic rings. The predicted molar refractivity (Wildman–Crippen MR) is 69.8 cm³/mol. The fraction of sp³-hybridized carbons (Fsp3) is 0.417. The van der Waals surface area contributed by atoms with Crippen LogP contribution in [0.5, 0.6) is 0 Å². The summed E-state index contributed by atoms with van der Waals surface area (Å²) in [4.78, 5) is 0.